The highest BCUT2D eigenvalue weighted by atomic mass is 16.5. The third-order valence-electron chi connectivity index (χ3n) is 4.11. The number of para-hydroxylation sites is 1. The second-order valence-corrected chi connectivity index (χ2v) is 6.14. The van der Waals surface area contributed by atoms with Crippen LogP contribution >= 0.6 is 0 Å². The second-order valence-electron chi connectivity index (χ2n) is 6.14. The van der Waals surface area contributed by atoms with Gasteiger partial charge in [-0.05, 0) is 30.5 Å². The molecule has 0 aliphatic carbocycles. The van der Waals surface area contributed by atoms with Crippen LogP contribution in [-0.4, -0.2) is 26.2 Å². The number of benzene rings is 2. The predicted octanol–water partition coefficient (Wildman–Crippen LogP) is 3.88. The van der Waals surface area contributed by atoms with E-state index in [1.54, 1.807) is 7.05 Å². The van der Waals surface area contributed by atoms with E-state index < -0.39 is 0 Å². The van der Waals surface area contributed by atoms with Gasteiger partial charge in [0.15, 0.2) is 5.96 Å². The van der Waals surface area contributed by atoms with Gasteiger partial charge in [0.25, 0.3) is 0 Å². The predicted molar refractivity (Wildman–Crippen MR) is 111 cm³/mol. The summed E-state index contributed by atoms with van der Waals surface area (Å²) < 4.78 is 11.4. The minimum atomic E-state index is 0.638. The van der Waals surface area contributed by atoms with Gasteiger partial charge in [0.2, 0.25) is 0 Å². The number of aliphatic imine (C=N–C) groups is 1. The van der Waals surface area contributed by atoms with Gasteiger partial charge in [-0.1, -0.05) is 49.4 Å². The van der Waals surface area contributed by atoms with E-state index in [1.165, 1.54) is 11.1 Å². The van der Waals surface area contributed by atoms with Gasteiger partial charge in [0, 0.05) is 32.3 Å². The molecule has 0 aromatic heterocycles. The first-order valence-corrected chi connectivity index (χ1v) is 9.58. The van der Waals surface area contributed by atoms with E-state index >= 15 is 0 Å². The minimum Gasteiger partial charge on any atom is -0.494 e. The molecule has 0 amide bonds. The highest BCUT2D eigenvalue weighted by Gasteiger charge is 2.06. The van der Waals surface area contributed by atoms with E-state index in [4.69, 9.17) is 9.47 Å². The van der Waals surface area contributed by atoms with Crippen molar-refractivity contribution in [3.63, 3.8) is 0 Å². The van der Waals surface area contributed by atoms with Crippen LogP contribution in [0.1, 0.15) is 37.0 Å². The molecule has 2 rings (SSSR count). The quantitative estimate of drug-likeness (QED) is 0.379. The summed E-state index contributed by atoms with van der Waals surface area (Å²) in [5, 5.41) is 6.73. The molecule has 0 radical (unpaired) electrons. The summed E-state index contributed by atoms with van der Waals surface area (Å²) in [6.45, 7) is 7.53. The fourth-order valence-corrected chi connectivity index (χ4v) is 2.72. The minimum absolute atomic E-state index is 0.638. The Kier molecular flexibility index (Phi) is 9.21. The summed E-state index contributed by atoms with van der Waals surface area (Å²) in [4.78, 5) is 4.32. The van der Waals surface area contributed by atoms with E-state index in [0.717, 1.165) is 30.3 Å². The Bertz CT molecular complexity index is 716. The molecule has 0 spiro atoms. The zero-order chi connectivity index (χ0) is 19.3. The van der Waals surface area contributed by atoms with Crippen LogP contribution in [0.15, 0.2) is 53.5 Å². The molecule has 2 N–H and O–H groups in total. The first-order chi connectivity index (χ1) is 13.3. The van der Waals surface area contributed by atoms with Crippen LogP contribution in [0.25, 0.3) is 0 Å². The number of guanidine groups is 1. The van der Waals surface area contributed by atoms with Crippen LogP contribution in [0.5, 0.6) is 5.75 Å². The van der Waals surface area contributed by atoms with Crippen molar-refractivity contribution in [2.45, 2.75) is 40.0 Å². The maximum absolute atomic E-state index is 5.70. The molecule has 0 saturated carbocycles. The van der Waals surface area contributed by atoms with Crippen molar-refractivity contribution in [3.05, 3.63) is 65.2 Å². The molecular weight excluding hydrogens is 338 g/mol. The molecule has 0 heterocycles. The number of nitrogens with one attached hydrogen (secondary N) is 2. The van der Waals surface area contributed by atoms with Crippen molar-refractivity contribution in [3.8, 4) is 5.75 Å². The average Bonchev–Trinajstić information content (AvgIpc) is 2.70. The third-order valence-corrected chi connectivity index (χ3v) is 4.11. The van der Waals surface area contributed by atoms with Crippen LogP contribution in [0.2, 0.25) is 0 Å². The van der Waals surface area contributed by atoms with Gasteiger partial charge in [-0.3, -0.25) is 4.99 Å². The largest absolute Gasteiger partial charge is 0.494 e. The highest BCUT2D eigenvalue weighted by Crippen LogP contribution is 2.17. The zero-order valence-corrected chi connectivity index (χ0v) is 16.6. The van der Waals surface area contributed by atoms with Crippen molar-refractivity contribution < 1.29 is 9.47 Å². The molecule has 0 fully saturated rings. The SMILES string of the molecule is CCCOCc1ccccc1CNC(=NC)NCc1ccccc1OCC. The molecule has 0 unspecified atom stereocenters. The molecule has 27 heavy (non-hydrogen) atoms. The monoisotopic (exact) mass is 369 g/mol. The van der Waals surface area contributed by atoms with E-state index in [0.29, 0.717) is 26.3 Å². The van der Waals surface area contributed by atoms with Crippen molar-refractivity contribution in [1.29, 1.82) is 0 Å². The topological polar surface area (TPSA) is 54.9 Å². The van der Waals surface area contributed by atoms with Crippen molar-refractivity contribution in [2.75, 3.05) is 20.3 Å². The molecule has 5 heteroatoms. The van der Waals surface area contributed by atoms with E-state index in [2.05, 4.69) is 46.8 Å². The Labute approximate surface area is 162 Å². The fourth-order valence-electron chi connectivity index (χ4n) is 2.72. The van der Waals surface area contributed by atoms with Crippen molar-refractivity contribution in [1.82, 2.24) is 10.6 Å². The molecular formula is C22H31N3O2. The molecule has 0 aliphatic heterocycles. The van der Waals surface area contributed by atoms with Crippen LogP contribution in [-0.2, 0) is 24.4 Å². The Morgan fingerprint density at radius 3 is 2.19 bits per heavy atom. The summed E-state index contributed by atoms with van der Waals surface area (Å²) in [6, 6.07) is 16.4. The summed E-state index contributed by atoms with van der Waals surface area (Å²) >= 11 is 0. The van der Waals surface area contributed by atoms with E-state index in [-0.39, 0.29) is 0 Å². The normalized spacial score (nSPS) is 11.3. The molecule has 0 aliphatic rings. The Morgan fingerprint density at radius 2 is 1.52 bits per heavy atom. The van der Waals surface area contributed by atoms with Gasteiger partial charge in [-0.15, -0.1) is 0 Å². The molecule has 146 valence electrons. The number of hydrogen-bond acceptors (Lipinski definition) is 3. The number of rotatable bonds is 10. The number of nitrogens with zero attached hydrogens (tertiary/aromatic N) is 1. The lowest BCUT2D eigenvalue weighted by Gasteiger charge is -2.16. The molecule has 2 aromatic rings. The molecule has 2 aromatic carbocycles. The molecule has 0 bridgehead atoms. The zero-order valence-electron chi connectivity index (χ0n) is 16.6. The van der Waals surface area contributed by atoms with Gasteiger partial charge in [-0.25, -0.2) is 0 Å². The van der Waals surface area contributed by atoms with Gasteiger partial charge in [0.05, 0.1) is 13.2 Å². The Balaban J connectivity index is 1.91. The lowest BCUT2D eigenvalue weighted by molar-refractivity contribution is 0.121. The summed E-state index contributed by atoms with van der Waals surface area (Å²) in [5.74, 6) is 1.66. The average molecular weight is 370 g/mol. The van der Waals surface area contributed by atoms with Crippen LogP contribution < -0.4 is 15.4 Å². The first kappa shape index (κ1) is 20.8. The summed E-state index contributed by atoms with van der Waals surface area (Å²) in [6.07, 6.45) is 1.03. The highest BCUT2D eigenvalue weighted by molar-refractivity contribution is 5.79. The molecule has 5 nitrogen and oxygen atoms in total. The fraction of sp³-hybridized carbons (Fsp3) is 0.409. The van der Waals surface area contributed by atoms with Crippen LogP contribution in [0, 0.1) is 0 Å². The lowest BCUT2D eigenvalue weighted by Crippen LogP contribution is -2.36. The second kappa shape index (κ2) is 12.0. The van der Waals surface area contributed by atoms with Gasteiger partial charge >= 0.3 is 0 Å². The number of hydrogen-bond donors (Lipinski definition) is 2. The Hall–Kier alpha value is -2.53. The third kappa shape index (κ3) is 6.94. The Morgan fingerprint density at radius 1 is 0.889 bits per heavy atom. The summed E-state index contributed by atoms with van der Waals surface area (Å²) in [7, 11) is 1.78. The van der Waals surface area contributed by atoms with E-state index in [9.17, 15) is 0 Å². The standard InChI is InChI=1S/C22H31N3O2/c1-4-14-26-17-20-12-7-6-10-18(20)15-24-22(23-3)25-16-19-11-8-9-13-21(19)27-5-2/h6-13H,4-5,14-17H2,1-3H3,(H2,23,24,25). The van der Waals surface area contributed by atoms with Gasteiger partial charge in [-0.2, -0.15) is 0 Å². The van der Waals surface area contributed by atoms with Crippen LogP contribution in [0.3, 0.4) is 0 Å². The first-order valence-electron chi connectivity index (χ1n) is 9.58. The van der Waals surface area contributed by atoms with Gasteiger partial charge < -0.3 is 20.1 Å². The van der Waals surface area contributed by atoms with Gasteiger partial charge in [0.1, 0.15) is 5.75 Å². The van der Waals surface area contributed by atoms with Crippen molar-refractivity contribution in [2.24, 2.45) is 4.99 Å². The maximum Gasteiger partial charge on any atom is 0.191 e. The lowest BCUT2D eigenvalue weighted by atomic mass is 10.1. The van der Waals surface area contributed by atoms with Crippen molar-refractivity contribution >= 4 is 5.96 Å². The number of ether oxygens (including phenoxy) is 2. The van der Waals surface area contributed by atoms with E-state index in [1.807, 2.05) is 31.2 Å². The molecule has 0 atom stereocenters. The molecule has 0 saturated heterocycles. The smallest absolute Gasteiger partial charge is 0.191 e. The van der Waals surface area contributed by atoms with Crippen LogP contribution in [0.4, 0.5) is 0 Å². The summed E-state index contributed by atoms with van der Waals surface area (Å²) in [5.41, 5.74) is 3.53. The maximum atomic E-state index is 5.70.